The van der Waals surface area contributed by atoms with Gasteiger partial charge < -0.3 is 9.73 Å². The van der Waals surface area contributed by atoms with Gasteiger partial charge in [-0.1, -0.05) is 16.1 Å². The van der Waals surface area contributed by atoms with Crippen LogP contribution >= 0.6 is 23.1 Å². The average molecular weight is 399 g/mol. The van der Waals surface area contributed by atoms with E-state index in [1.807, 2.05) is 12.1 Å². The van der Waals surface area contributed by atoms with Gasteiger partial charge in [0.2, 0.25) is 5.89 Å². The van der Waals surface area contributed by atoms with E-state index >= 15 is 0 Å². The second kappa shape index (κ2) is 7.22. The summed E-state index contributed by atoms with van der Waals surface area (Å²) in [6.45, 7) is 1.72. The number of aryl methyl sites for hydroxylation is 1. The minimum atomic E-state index is -0.325. The summed E-state index contributed by atoms with van der Waals surface area (Å²) >= 11 is 7.33. The Labute approximate surface area is 162 Å². The Morgan fingerprint density at radius 3 is 2.78 bits per heavy atom. The summed E-state index contributed by atoms with van der Waals surface area (Å²) in [5.74, 6) is 0.475. The molecule has 8 nitrogen and oxygen atoms in total. The molecule has 3 heterocycles. The molecule has 27 heavy (non-hydrogen) atoms. The molecule has 4 rings (SSSR count). The molecule has 10 heteroatoms. The van der Waals surface area contributed by atoms with Crippen molar-refractivity contribution in [1.82, 2.24) is 24.5 Å². The van der Waals surface area contributed by atoms with E-state index in [2.05, 4.69) is 29.9 Å². The summed E-state index contributed by atoms with van der Waals surface area (Å²) < 4.78 is 9.06. The summed E-state index contributed by atoms with van der Waals surface area (Å²) in [6, 6.07) is 5.38. The van der Waals surface area contributed by atoms with Crippen molar-refractivity contribution in [2.24, 2.45) is 0 Å². The number of hydrogen-bond donors (Lipinski definition) is 1. The number of benzene rings is 1. The van der Waals surface area contributed by atoms with Crippen molar-refractivity contribution in [2.75, 3.05) is 5.32 Å². The van der Waals surface area contributed by atoms with Crippen molar-refractivity contribution in [1.29, 1.82) is 0 Å². The summed E-state index contributed by atoms with van der Waals surface area (Å²) in [7, 11) is 0. The first-order valence-electron chi connectivity index (χ1n) is 7.74. The molecule has 3 aromatic heterocycles. The zero-order valence-corrected chi connectivity index (χ0v) is 15.5. The molecule has 0 aliphatic heterocycles. The standard InChI is InChI=1S/C17H11ClN6O2S/c1-9-15(27-24-23-9)16(25)22-14-8-20-13(7-21-14)11-6-10(2-3-12(11)18)17-19-4-5-26-17/h2-8H,1H3,(H,21,22,25). The number of carbonyl (C=O) groups is 1. The predicted molar refractivity (Wildman–Crippen MR) is 101 cm³/mol. The topological polar surface area (TPSA) is 107 Å². The summed E-state index contributed by atoms with van der Waals surface area (Å²) in [5.41, 5.74) is 2.58. The second-order valence-electron chi connectivity index (χ2n) is 5.46. The number of halogens is 1. The number of hydrogen-bond acceptors (Lipinski definition) is 8. The minimum Gasteiger partial charge on any atom is -0.445 e. The summed E-state index contributed by atoms with van der Waals surface area (Å²) in [4.78, 5) is 25.3. The maximum absolute atomic E-state index is 12.2. The first-order valence-corrected chi connectivity index (χ1v) is 8.89. The molecular formula is C17H11ClN6O2S. The molecule has 0 saturated carbocycles. The molecule has 1 aromatic carbocycles. The molecule has 0 saturated heterocycles. The number of nitrogens with zero attached hydrogens (tertiary/aromatic N) is 5. The second-order valence-corrected chi connectivity index (χ2v) is 6.62. The van der Waals surface area contributed by atoms with Crippen LogP contribution in [0.4, 0.5) is 5.82 Å². The molecule has 0 aliphatic rings. The van der Waals surface area contributed by atoms with Crippen LogP contribution in [0, 0.1) is 6.92 Å². The molecule has 1 N–H and O–H groups in total. The number of rotatable bonds is 4. The van der Waals surface area contributed by atoms with Gasteiger partial charge in [-0.15, -0.1) is 5.10 Å². The van der Waals surface area contributed by atoms with Crippen molar-refractivity contribution >= 4 is 34.9 Å². The molecule has 0 fully saturated rings. The Kier molecular flexibility index (Phi) is 4.61. The smallest absolute Gasteiger partial charge is 0.270 e. The lowest BCUT2D eigenvalue weighted by atomic mass is 10.1. The van der Waals surface area contributed by atoms with Crippen molar-refractivity contribution < 1.29 is 9.21 Å². The molecular weight excluding hydrogens is 388 g/mol. The van der Waals surface area contributed by atoms with E-state index in [0.29, 0.717) is 38.6 Å². The van der Waals surface area contributed by atoms with E-state index in [9.17, 15) is 4.79 Å². The molecule has 4 aromatic rings. The van der Waals surface area contributed by atoms with Crippen LogP contribution in [-0.4, -0.2) is 30.4 Å². The molecule has 0 spiro atoms. The van der Waals surface area contributed by atoms with Crippen LogP contribution in [0.3, 0.4) is 0 Å². The van der Waals surface area contributed by atoms with Crippen LogP contribution in [0.1, 0.15) is 15.4 Å². The normalized spacial score (nSPS) is 10.7. The van der Waals surface area contributed by atoms with Gasteiger partial charge in [0.1, 0.15) is 11.1 Å². The minimum absolute atomic E-state index is 0.316. The van der Waals surface area contributed by atoms with E-state index in [1.54, 1.807) is 19.2 Å². The first-order chi connectivity index (χ1) is 13.1. The van der Waals surface area contributed by atoms with Gasteiger partial charge in [-0.2, -0.15) is 0 Å². The van der Waals surface area contributed by atoms with Crippen LogP contribution in [0.2, 0.25) is 5.02 Å². The fourth-order valence-corrected chi connectivity index (χ4v) is 3.13. The van der Waals surface area contributed by atoms with E-state index in [4.69, 9.17) is 16.0 Å². The predicted octanol–water partition coefficient (Wildman–Crippen LogP) is 3.86. The zero-order chi connectivity index (χ0) is 18.8. The van der Waals surface area contributed by atoms with Gasteiger partial charge in [0.15, 0.2) is 5.82 Å². The SMILES string of the molecule is Cc1nnsc1C(=O)Nc1cnc(-c2cc(-c3ncco3)ccc2Cl)cn1. The summed E-state index contributed by atoms with van der Waals surface area (Å²) in [5, 5.41) is 7.00. The van der Waals surface area contributed by atoms with E-state index in [1.165, 1.54) is 18.7 Å². The number of aromatic nitrogens is 5. The highest BCUT2D eigenvalue weighted by molar-refractivity contribution is 7.08. The molecule has 134 valence electrons. The molecule has 1 amide bonds. The van der Waals surface area contributed by atoms with E-state index < -0.39 is 0 Å². The molecule has 0 bridgehead atoms. The Morgan fingerprint density at radius 1 is 1.22 bits per heavy atom. The fourth-order valence-electron chi connectivity index (χ4n) is 2.37. The lowest BCUT2D eigenvalue weighted by Crippen LogP contribution is -2.13. The van der Waals surface area contributed by atoms with Gasteiger partial charge >= 0.3 is 0 Å². The highest BCUT2D eigenvalue weighted by atomic mass is 35.5. The Morgan fingerprint density at radius 2 is 2.11 bits per heavy atom. The quantitative estimate of drug-likeness (QED) is 0.556. The monoisotopic (exact) mass is 398 g/mol. The Hall–Kier alpha value is -3.17. The van der Waals surface area contributed by atoms with Gasteiger partial charge in [0.25, 0.3) is 5.91 Å². The third kappa shape index (κ3) is 3.55. The Balaban J connectivity index is 1.58. The maximum Gasteiger partial charge on any atom is 0.270 e. The van der Waals surface area contributed by atoms with Crippen LogP contribution in [0.25, 0.3) is 22.7 Å². The molecule has 0 radical (unpaired) electrons. The number of amides is 1. The summed E-state index contributed by atoms with van der Waals surface area (Å²) in [6.07, 6.45) is 6.07. The first kappa shape index (κ1) is 17.3. The maximum atomic E-state index is 12.2. The third-order valence-corrected chi connectivity index (χ3v) is 4.83. The highest BCUT2D eigenvalue weighted by Gasteiger charge is 2.15. The Bertz CT molecular complexity index is 1100. The van der Waals surface area contributed by atoms with Crippen molar-refractivity contribution in [3.05, 3.63) is 58.6 Å². The van der Waals surface area contributed by atoms with Gasteiger partial charge in [-0.25, -0.2) is 9.97 Å². The lowest BCUT2D eigenvalue weighted by molar-refractivity contribution is 0.102. The van der Waals surface area contributed by atoms with E-state index in [-0.39, 0.29) is 5.91 Å². The van der Waals surface area contributed by atoms with Gasteiger partial charge in [-0.3, -0.25) is 9.78 Å². The third-order valence-electron chi connectivity index (χ3n) is 3.67. The van der Waals surface area contributed by atoms with Crippen LogP contribution in [-0.2, 0) is 0 Å². The van der Waals surface area contributed by atoms with Gasteiger partial charge in [0.05, 0.1) is 35.0 Å². The number of oxazole rings is 1. The highest BCUT2D eigenvalue weighted by Crippen LogP contribution is 2.31. The number of nitrogens with one attached hydrogen (secondary N) is 1. The van der Waals surface area contributed by atoms with Gasteiger partial charge in [-0.05, 0) is 36.7 Å². The van der Waals surface area contributed by atoms with Crippen LogP contribution in [0.15, 0.2) is 47.5 Å². The number of carbonyl (C=O) groups excluding carboxylic acids is 1. The lowest BCUT2D eigenvalue weighted by Gasteiger charge is -2.07. The van der Waals surface area contributed by atoms with E-state index in [0.717, 1.165) is 17.1 Å². The van der Waals surface area contributed by atoms with Crippen LogP contribution < -0.4 is 5.32 Å². The average Bonchev–Trinajstić information content (AvgIpc) is 3.35. The fraction of sp³-hybridized carbons (Fsp3) is 0.0588. The largest absolute Gasteiger partial charge is 0.445 e. The van der Waals surface area contributed by atoms with Crippen molar-refractivity contribution in [3.8, 4) is 22.7 Å². The molecule has 0 atom stereocenters. The van der Waals surface area contributed by atoms with Gasteiger partial charge in [0, 0.05) is 11.1 Å². The zero-order valence-electron chi connectivity index (χ0n) is 13.9. The van der Waals surface area contributed by atoms with Crippen LogP contribution in [0.5, 0.6) is 0 Å². The molecule has 0 aliphatic carbocycles. The number of anilines is 1. The molecule has 0 unspecified atom stereocenters. The van der Waals surface area contributed by atoms with Crippen molar-refractivity contribution in [2.45, 2.75) is 6.92 Å². The van der Waals surface area contributed by atoms with Crippen molar-refractivity contribution in [3.63, 3.8) is 0 Å².